The Balaban J connectivity index is 1.67. The summed E-state index contributed by atoms with van der Waals surface area (Å²) in [5.41, 5.74) is 2.20. The largest absolute Gasteiger partial charge is 0.489 e. The highest BCUT2D eigenvalue weighted by atomic mass is 35.5. The summed E-state index contributed by atoms with van der Waals surface area (Å²) in [4.78, 5) is 24.4. The lowest BCUT2D eigenvalue weighted by molar-refractivity contribution is 0.0526. The standard InChI is InChI=1S/C23H20ClNO4/c1-2-28-23(27)18-11-12-21(20(24)14-18)25-22(26)17-9-6-10-19(13-17)29-15-16-7-4-3-5-8-16/h3-14H,2,15H2,1H3,(H,25,26). The average molecular weight is 410 g/mol. The number of hydrogen-bond donors (Lipinski definition) is 1. The van der Waals surface area contributed by atoms with E-state index in [1.54, 1.807) is 43.3 Å². The van der Waals surface area contributed by atoms with Crippen LogP contribution in [0.5, 0.6) is 5.75 Å². The summed E-state index contributed by atoms with van der Waals surface area (Å²) >= 11 is 6.21. The van der Waals surface area contributed by atoms with E-state index < -0.39 is 5.97 Å². The number of benzene rings is 3. The van der Waals surface area contributed by atoms with Crippen molar-refractivity contribution in [2.24, 2.45) is 0 Å². The number of carbonyl (C=O) groups excluding carboxylic acids is 2. The molecule has 0 aliphatic carbocycles. The van der Waals surface area contributed by atoms with Gasteiger partial charge in [0.25, 0.3) is 5.91 Å². The van der Waals surface area contributed by atoms with Crippen LogP contribution in [0.4, 0.5) is 5.69 Å². The number of amides is 1. The van der Waals surface area contributed by atoms with E-state index in [9.17, 15) is 9.59 Å². The number of anilines is 1. The van der Waals surface area contributed by atoms with Crippen LogP contribution in [0.3, 0.4) is 0 Å². The van der Waals surface area contributed by atoms with Gasteiger partial charge < -0.3 is 14.8 Å². The van der Waals surface area contributed by atoms with Gasteiger partial charge in [0.15, 0.2) is 0 Å². The Hall–Kier alpha value is -3.31. The molecule has 0 radical (unpaired) electrons. The first-order valence-corrected chi connectivity index (χ1v) is 9.49. The van der Waals surface area contributed by atoms with Gasteiger partial charge in [0.05, 0.1) is 22.9 Å². The molecule has 3 aromatic carbocycles. The molecule has 0 atom stereocenters. The lowest BCUT2D eigenvalue weighted by Crippen LogP contribution is -2.13. The SMILES string of the molecule is CCOC(=O)c1ccc(NC(=O)c2cccc(OCc3ccccc3)c2)c(Cl)c1. The minimum Gasteiger partial charge on any atom is -0.489 e. The molecule has 0 aromatic heterocycles. The molecule has 3 aromatic rings. The van der Waals surface area contributed by atoms with E-state index in [4.69, 9.17) is 21.1 Å². The van der Waals surface area contributed by atoms with Gasteiger partial charge in [0.1, 0.15) is 12.4 Å². The van der Waals surface area contributed by atoms with Gasteiger partial charge in [-0.15, -0.1) is 0 Å². The van der Waals surface area contributed by atoms with Gasteiger partial charge in [-0.2, -0.15) is 0 Å². The van der Waals surface area contributed by atoms with Gasteiger partial charge in [0.2, 0.25) is 0 Å². The predicted molar refractivity (Wildman–Crippen MR) is 113 cm³/mol. The molecule has 1 amide bonds. The van der Waals surface area contributed by atoms with E-state index in [-0.39, 0.29) is 17.5 Å². The first-order chi connectivity index (χ1) is 14.1. The molecule has 0 fully saturated rings. The van der Waals surface area contributed by atoms with Crippen molar-refractivity contribution in [1.29, 1.82) is 0 Å². The van der Waals surface area contributed by atoms with Crippen molar-refractivity contribution in [3.8, 4) is 5.75 Å². The highest BCUT2D eigenvalue weighted by Gasteiger charge is 2.13. The first-order valence-electron chi connectivity index (χ1n) is 9.11. The third kappa shape index (κ3) is 5.59. The minimum atomic E-state index is -0.462. The van der Waals surface area contributed by atoms with Gasteiger partial charge in [-0.05, 0) is 48.9 Å². The third-order valence-corrected chi connectivity index (χ3v) is 4.39. The summed E-state index contributed by atoms with van der Waals surface area (Å²) < 4.78 is 10.7. The molecule has 148 valence electrons. The highest BCUT2D eigenvalue weighted by Crippen LogP contribution is 2.25. The maximum atomic E-state index is 12.6. The molecule has 5 nitrogen and oxygen atoms in total. The van der Waals surface area contributed by atoms with Gasteiger partial charge in [-0.3, -0.25) is 4.79 Å². The van der Waals surface area contributed by atoms with Crippen molar-refractivity contribution in [2.45, 2.75) is 13.5 Å². The Bertz CT molecular complexity index is 1000. The Morgan fingerprint density at radius 2 is 1.72 bits per heavy atom. The summed E-state index contributed by atoms with van der Waals surface area (Å²) in [5.74, 6) is -0.207. The van der Waals surface area contributed by atoms with E-state index in [0.29, 0.717) is 29.2 Å². The molecule has 0 saturated heterocycles. The van der Waals surface area contributed by atoms with Crippen molar-refractivity contribution in [1.82, 2.24) is 0 Å². The van der Waals surface area contributed by atoms with E-state index in [1.807, 2.05) is 30.3 Å². The topological polar surface area (TPSA) is 64.6 Å². The molecular weight excluding hydrogens is 390 g/mol. The highest BCUT2D eigenvalue weighted by molar-refractivity contribution is 6.34. The number of rotatable bonds is 7. The molecule has 0 heterocycles. The van der Waals surface area contributed by atoms with Gasteiger partial charge in [-0.25, -0.2) is 4.79 Å². The number of nitrogens with one attached hydrogen (secondary N) is 1. The molecule has 0 aliphatic heterocycles. The Morgan fingerprint density at radius 3 is 2.45 bits per heavy atom. The Labute approximate surface area is 174 Å². The molecular formula is C23H20ClNO4. The number of halogens is 1. The fourth-order valence-electron chi connectivity index (χ4n) is 2.62. The maximum Gasteiger partial charge on any atom is 0.338 e. The van der Waals surface area contributed by atoms with Crippen molar-refractivity contribution < 1.29 is 19.1 Å². The van der Waals surface area contributed by atoms with Crippen LogP contribution in [0.2, 0.25) is 5.02 Å². The van der Waals surface area contributed by atoms with Gasteiger partial charge in [-0.1, -0.05) is 48.0 Å². The zero-order valence-electron chi connectivity index (χ0n) is 15.9. The molecule has 0 aliphatic rings. The van der Waals surface area contributed by atoms with E-state index >= 15 is 0 Å². The minimum absolute atomic E-state index is 0.250. The molecule has 1 N–H and O–H groups in total. The summed E-state index contributed by atoms with van der Waals surface area (Å²) in [6, 6.07) is 21.3. The van der Waals surface area contributed by atoms with Crippen LogP contribution < -0.4 is 10.1 Å². The second-order valence-electron chi connectivity index (χ2n) is 6.17. The smallest absolute Gasteiger partial charge is 0.338 e. The first kappa shape index (κ1) is 20.4. The molecule has 0 unspecified atom stereocenters. The van der Waals surface area contributed by atoms with E-state index in [0.717, 1.165) is 5.56 Å². The molecule has 6 heteroatoms. The van der Waals surface area contributed by atoms with Crippen molar-refractivity contribution in [3.63, 3.8) is 0 Å². The van der Waals surface area contributed by atoms with Crippen molar-refractivity contribution in [2.75, 3.05) is 11.9 Å². The fraction of sp³-hybridized carbons (Fsp3) is 0.130. The molecule has 0 bridgehead atoms. The van der Waals surface area contributed by atoms with Gasteiger partial charge >= 0.3 is 5.97 Å². The quantitative estimate of drug-likeness (QED) is 0.534. The van der Waals surface area contributed by atoms with Crippen molar-refractivity contribution in [3.05, 3.63) is 94.5 Å². The van der Waals surface area contributed by atoms with Crippen LogP contribution in [0.1, 0.15) is 33.2 Å². The number of esters is 1. The molecule has 3 rings (SSSR count). The second kappa shape index (κ2) is 9.75. The monoisotopic (exact) mass is 409 g/mol. The lowest BCUT2D eigenvalue weighted by Gasteiger charge is -2.11. The fourth-order valence-corrected chi connectivity index (χ4v) is 2.85. The van der Waals surface area contributed by atoms with Crippen LogP contribution in [-0.2, 0) is 11.3 Å². The van der Waals surface area contributed by atoms with E-state index in [2.05, 4.69) is 5.32 Å². The third-order valence-electron chi connectivity index (χ3n) is 4.07. The van der Waals surface area contributed by atoms with Gasteiger partial charge in [0, 0.05) is 5.56 Å². The summed E-state index contributed by atoms with van der Waals surface area (Å²) in [5, 5.41) is 3.00. The summed E-state index contributed by atoms with van der Waals surface area (Å²) in [6.07, 6.45) is 0. The number of hydrogen-bond acceptors (Lipinski definition) is 4. The van der Waals surface area contributed by atoms with Crippen LogP contribution in [0, 0.1) is 0 Å². The zero-order valence-corrected chi connectivity index (χ0v) is 16.6. The van der Waals surface area contributed by atoms with Crippen molar-refractivity contribution >= 4 is 29.2 Å². The zero-order chi connectivity index (χ0) is 20.6. The molecule has 29 heavy (non-hydrogen) atoms. The Kier molecular flexibility index (Phi) is 6.87. The average Bonchev–Trinajstić information content (AvgIpc) is 2.74. The number of ether oxygens (including phenoxy) is 2. The van der Waals surface area contributed by atoms with E-state index in [1.165, 1.54) is 6.07 Å². The summed E-state index contributed by atoms with van der Waals surface area (Å²) in [7, 11) is 0. The summed E-state index contributed by atoms with van der Waals surface area (Å²) in [6.45, 7) is 2.41. The second-order valence-corrected chi connectivity index (χ2v) is 6.58. The normalized spacial score (nSPS) is 10.3. The van der Waals surface area contributed by atoms with Crippen LogP contribution >= 0.6 is 11.6 Å². The molecule has 0 spiro atoms. The van der Waals surface area contributed by atoms with Crippen LogP contribution in [-0.4, -0.2) is 18.5 Å². The maximum absolute atomic E-state index is 12.6. The molecule has 0 saturated carbocycles. The predicted octanol–water partition coefficient (Wildman–Crippen LogP) is 5.35. The van der Waals surface area contributed by atoms with Crippen LogP contribution in [0.15, 0.2) is 72.8 Å². The lowest BCUT2D eigenvalue weighted by atomic mass is 10.1. The Morgan fingerprint density at radius 1 is 0.931 bits per heavy atom. The van der Waals surface area contributed by atoms with Crippen LogP contribution in [0.25, 0.3) is 0 Å². The number of carbonyl (C=O) groups is 2.